The fourth-order valence-corrected chi connectivity index (χ4v) is 1.25. The molecule has 2 aliphatic heterocycles. The topological polar surface area (TPSA) is 27.6 Å². The van der Waals surface area contributed by atoms with Gasteiger partial charge in [-0.15, -0.1) is 0 Å². The first-order valence-electron chi connectivity index (χ1n) is 3.01. The van der Waals surface area contributed by atoms with Crippen LogP contribution in [0.1, 0.15) is 12.8 Å². The molecule has 3 heteroatoms. The number of rotatable bonds is 0. The van der Waals surface area contributed by atoms with Gasteiger partial charge in [0.15, 0.2) is 0 Å². The Morgan fingerprint density at radius 2 is 2.75 bits per heavy atom. The number of nitrogens with one attached hydrogen (secondary N) is 1. The largest absolute Gasteiger partial charge is 0.307 e. The highest BCUT2D eigenvalue weighted by molar-refractivity contribution is 5.55. The minimum atomic E-state index is 0.468. The molecule has 0 bridgehead atoms. The Balaban J connectivity index is 2.13. The van der Waals surface area contributed by atoms with Crippen molar-refractivity contribution in [3.63, 3.8) is 0 Å². The molecule has 0 saturated carbocycles. The summed E-state index contributed by atoms with van der Waals surface area (Å²) >= 11 is 0. The molecule has 0 aromatic heterocycles. The van der Waals surface area contributed by atoms with Crippen LogP contribution < -0.4 is 5.43 Å². The van der Waals surface area contributed by atoms with Crippen LogP contribution in [0.5, 0.6) is 0 Å². The number of hydrogen-bond donors (Lipinski definition) is 1. The minimum absolute atomic E-state index is 0.468. The molecule has 0 aromatic rings. The van der Waals surface area contributed by atoms with E-state index in [2.05, 4.69) is 15.4 Å². The Morgan fingerprint density at radius 3 is 3.62 bits per heavy atom. The Morgan fingerprint density at radius 1 is 1.75 bits per heavy atom. The summed E-state index contributed by atoms with van der Waals surface area (Å²) in [6.07, 6.45) is 4.76. The quantitative estimate of drug-likeness (QED) is 0.475. The summed E-state index contributed by atoms with van der Waals surface area (Å²) < 4.78 is 0. The van der Waals surface area contributed by atoms with Gasteiger partial charge in [0, 0.05) is 6.54 Å². The number of hydrazine groups is 1. The lowest BCUT2D eigenvalue weighted by Crippen LogP contribution is -2.33. The minimum Gasteiger partial charge on any atom is -0.307 e. The number of hydrogen-bond acceptors (Lipinski definition) is 3. The number of nitrogens with zero attached hydrogens (tertiary/aromatic N) is 2. The van der Waals surface area contributed by atoms with Gasteiger partial charge in [0.05, 0.1) is 6.34 Å². The first-order chi connectivity index (χ1) is 3.97. The van der Waals surface area contributed by atoms with Gasteiger partial charge in [0.2, 0.25) is 0 Å². The summed E-state index contributed by atoms with van der Waals surface area (Å²) in [6.45, 7) is 1.16. The molecule has 44 valence electrons. The van der Waals surface area contributed by atoms with Crippen molar-refractivity contribution in [1.82, 2.24) is 10.4 Å². The Bertz CT molecular complexity index is 121. The van der Waals surface area contributed by atoms with Crippen molar-refractivity contribution >= 4 is 6.34 Å². The average molecular weight is 111 g/mol. The van der Waals surface area contributed by atoms with Gasteiger partial charge in [-0.25, -0.2) is 0 Å². The van der Waals surface area contributed by atoms with E-state index >= 15 is 0 Å². The fourth-order valence-electron chi connectivity index (χ4n) is 1.25. The molecule has 8 heavy (non-hydrogen) atoms. The van der Waals surface area contributed by atoms with Crippen molar-refractivity contribution in [3.8, 4) is 0 Å². The number of aliphatic imine (C=N–C) groups is 1. The van der Waals surface area contributed by atoms with E-state index in [4.69, 9.17) is 0 Å². The van der Waals surface area contributed by atoms with Crippen LogP contribution in [0.4, 0.5) is 0 Å². The van der Waals surface area contributed by atoms with Crippen LogP contribution in [0.15, 0.2) is 4.99 Å². The van der Waals surface area contributed by atoms with Crippen molar-refractivity contribution < 1.29 is 0 Å². The van der Waals surface area contributed by atoms with Crippen LogP contribution >= 0.6 is 0 Å². The predicted molar refractivity (Wildman–Crippen MR) is 31.4 cm³/mol. The third-order valence-electron chi connectivity index (χ3n) is 1.69. The lowest BCUT2D eigenvalue weighted by atomic mass is 10.3. The lowest BCUT2D eigenvalue weighted by Gasteiger charge is -2.11. The van der Waals surface area contributed by atoms with E-state index in [-0.39, 0.29) is 0 Å². The molecule has 0 aliphatic carbocycles. The van der Waals surface area contributed by atoms with Gasteiger partial charge in [-0.2, -0.15) is 5.01 Å². The van der Waals surface area contributed by atoms with Crippen LogP contribution in [-0.4, -0.2) is 24.1 Å². The van der Waals surface area contributed by atoms with E-state index in [1.54, 1.807) is 6.34 Å². The van der Waals surface area contributed by atoms with Crippen molar-refractivity contribution in [3.05, 3.63) is 0 Å². The first-order valence-corrected chi connectivity index (χ1v) is 3.01. The maximum absolute atomic E-state index is 4.19. The highest BCUT2D eigenvalue weighted by atomic mass is 15.6. The zero-order valence-electron chi connectivity index (χ0n) is 4.67. The van der Waals surface area contributed by atoms with E-state index in [1.165, 1.54) is 12.8 Å². The molecule has 2 aliphatic rings. The SMILES string of the molecule is C1=N[C@@H]2CCCN2N1. The van der Waals surface area contributed by atoms with Crippen molar-refractivity contribution in [2.75, 3.05) is 6.54 Å². The van der Waals surface area contributed by atoms with E-state index in [0.29, 0.717) is 6.17 Å². The van der Waals surface area contributed by atoms with Crippen LogP contribution in [-0.2, 0) is 0 Å². The predicted octanol–water partition coefficient (Wildman–Crippen LogP) is -0.0452. The van der Waals surface area contributed by atoms with Gasteiger partial charge in [-0.05, 0) is 12.8 Å². The van der Waals surface area contributed by atoms with Crippen LogP contribution in [0.25, 0.3) is 0 Å². The Hall–Kier alpha value is -0.570. The zero-order valence-corrected chi connectivity index (χ0v) is 4.67. The second kappa shape index (κ2) is 1.45. The average Bonchev–Trinajstić information content (AvgIpc) is 2.15. The monoisotopic (exact) mass is 111 g/mol. The first kappa shape index (κ1) is 4.32. The summed E-state index contributed by atoms with van der Waals surface area (Å²) in [6, 6.07) is 0. The molecule has 1 fully saturated rings. The van der Waals surface area contributed by atoms with E-state index in [9.17, 15) is 0 Å². The number of fused-ring (bicyclic) bond motifs is 1. The van der Waals surface area contributed by atoms with E-state index in [0.717, 1.165) is 6.54 Å². The molecular weight excluding hydrogens is 102 g/mol. The van der Waals surface area contributed by atoms with Gasteiger partial charge in [0.25, 0.3) is 0 Å². The summed E-state index contributed by atoms with van der Waals surface area (Å²) in [7, 11) is 0. The molecule has 0 spiro atoms. The van der Waals surface area contributed by atoms with Crippen molar-refractivity contribution in [2.24, 2.45) is 4.99 Å². The van der Waals surface area contributed by atoms with Gasteiger partial charge in [-0.1, -0.05) is 0 Å². The molecule has 2 rings (SSSR count). The summed E-state index contributed by atoms with van der Waals surface area (Å²) in [5.41, 5.74) is 3.06. The third kappa shape index (κ3) is 0.448. The highest BCUT2D eigenvalue weighted by Gasteiger charge is 2.25. The fraction of sp³-hybridized carbons (Fsp3) is 0.800. The van der Waals surface area contributed by atoms with Crippen molar-refractivity contribution in [1.29, 1.82) is 0 Å². The molecule has 3 nitrogen and oxygen atoms in total. The van der Waals surface area contributed by atoms with Gasteiger partial charge >= 0.3 is 0 Å². The maximum Gasteiger partial charge on any atom is 0.121 e. The van der Waals surface area contributed by atoms with Crippen LogP contribution in [0.3, 0.4) is 0 Å². The molecule has 0 radical (unpaired) electrons. The normalized spacial score (nSPS) is 35.2. The van der Waals surface area contributed by atoms with Crippen LogP contribution in [0, 0.1) is 0 Å². The molecule has 0 aromatic carbocycles. The summed E-state index contributed by atoms with van der Waals surface area (Å²) in [4.78, 5) is 4.19. The molecule has 1 N–H and O–H groups in total. The lowest BCUT2D eigenvalue weighted by molar-refractivity contribution is 0.250. The maximum atomic E-state index is 4.19. The second-order valence-electron chi connectivity index (χ2n) is 2.22. The van der Waals surface area contributed by atoms with Gasteiger partial charge in [-0.3, -0.25) is 4.99 Å². The molecule has 0 unspecified atom stereocenters. The summed E-state index contributed by atoms with van der Waals surface area (Å²) in [5, 5.41) is 2.17. The molecule has 1 saturated heterocycles. The highest BCUT2D eigenvalue weighted by Crippen LogP contribution is 2.16. The Labute approximate surface area is 48.4 Å². The zero-order chi connectivity index (χ0) is 5.40. The molecular formula is C5H9N3. The van der Waals surface area contributed by atoms with Gasteiger partial charge < -0.3 is 5.43 Å². The molecule has 2 heterocycles. The van der Waals surface area contributed by atoms with Crippen molar-refractivity contribution in [2.45, 2.75) is 19.0 Å². The van der Waals surface area contributed by atoms with Crippen LogP contribution in [0.2, 0.25) is 0 Å². The van der Waals surface area contributed by atoms with E-state index in [1.807, 2.05) is 0 Å². The Kier molecular flexibility index (Phi) is 0.784. The third-order valence-corrected chi connectivity index (χ3v) is 1.69. The van der Waals surface area contributed by atoms with Gasteiger partial charge in [0.1, 0.15) is 6.17 Å². The second-order valence-corrected chi connectivity index (χ2v) is 2.22. The summed E-state index contributed by atoms with van der Waals surface area (Å²) in [5.74, 6) is 0. The smallest absolute Gasteiger partial charge is 0.121 e. The molecule has 1 atom stereocenters. The van der Waals surface area contributed by atoms with E-state index < -0.39 is 0 Å². The molecule has 0 amide bonds. The standard InChI is InChI=1S/C5H9N3/c1-2-5-6-4-7-8(5)3-1/h4-5H,1-3H2,(H,6,7)/t5-/m0/s1.